The fourth-order valence-corrected chi connectivity index (χ4v) is 3.53. The summed E-state index contributed by atoms with van der Waals surface area (Å²) >= 11 is 7.44. The van der Waals surface area contributed by atoms with Crippen LogP contribution in [0.3, 0.4) is 0 Å². The second kappa shape index (κ2) is 10.0. The second-order valence-corrected chi connectivity index (χ2v) is 9.11. The number of pyridine rings is 1. The lowest BCUT2D eigenvalue weighted by molar-refractivity contribution is -0.136. The number of fused-ring (bicyclic) bond motifs is 1. The van der Waals surface area contributed by atoms with Crippen molar-refractivity contribution in [3.8, 4) is 0 Å². The molecular formula is C22H28ClNO3S. The summed E-state index contributed by atoms with van der Waals surface area (Å²) in [5.74, 6) is -0.872. The van der Waals surface area contributed by atoms with Crippen LogP contribution in [0.2, 0.25) is 0 Å². The van der Waals surface area contributed by atoms with Gasteiger partial charge in [0.05, 0.1) is 12.0 Å². The quantitative estimate of drug-likeness (QED) is 0.578. The fourth-order valence-electron chi connectivity index (χ4n) is 2.53. The van der Waals surface area contributed by atoms with Crippen LogP contribution in [0.25, 0.3) is 15.8 Å². The molecule has 6 heteroatoms. The third-order valence-corrected chi connectivity index (χ3v) is 4.55. The lowest BCUT2D eigenvalue weighted by Gasteiger charge is -2.13. The largest absolute Gasteiger partial charge is 0.481 e. The molecule has 2 heterocycles. The molecule has 0 amide bonds. The van der Waals surface area contributed by atoms with Crippen LogP contribution in [0.4, 0.5) is 0 Å². The maximum atomic E-state index is 11.3. The minimum Gasteiger partial charge on any atom is -0.481 e. The number of aryl methyl sites for hydroxylation is 2. The van der Waals surface area contributed by atoms with Crippen LogP contribution < -0.4 is 0 Å². The number of rotatable bonds is 5. The number of hydrogen-bond acceptors (Lipinski definition) is 4. The smallest absolute Gasteiger partial charge is 0.307 e. The van der Waals surface area contributed by atoms with Crippen LogP contribution >= 0.6 is 22.9 Å². The van der Waals surface area contributed by atoms with Crippen molar-refractivity contribution in [3.05, 3.63) is 57.6 Å². The van der Waals surface area contributed by atoms with Gasteiger partial charge in [0.2, 0.25) is 0 Å². The van der Waals surface area contributed by atoms with Crippen molar-refractivity contribution >= 4 is 44.7 Å². The van der Waals surface area contributed by atoms with E-state index in [4.69, 9.17) is 16.7 Å². The Labute approximate surface area is 175 Å². The SMILES string of the molecule is C=C(Cl)/C=C\C(=C\C)c1c(CC(=O)O)c(C)nc2sc(C)cc12.CC(C)(C)O. The van der Waals surface area contributed by atoms with E-state index in [1.807, 2.05) is 32.9 Å². The van der Waals surface area contributed by atoms with Crippen LogP contribution in [-0.4, -0.2) is 26.8 Å². The van der Waals surface area contributed by atoms with Crippen LogP contribution in [-0.2, 0) is 11.2 Å². The van der Waals surface area contributed by atoms with Crippen molar-refractivity contribution in [1.82, 2.24) is 4.98 Å². The van der Waals surface area contributed by atoms with Crippen molar-refractivity contribution in [2.24, 2.45) is 0 Å². The molecule has 2 rings (SSSR count). The minimum absolute atomic E-state index is 0.0635. The fraction of sp³-hybridized carbons (Fsp3) is 0.364. The molecule has 0 spiro atoms. The summed E-state index contributed by atoms with van der Waals surface area (Å²) < 4.78 is 0. The molecule has 4 nitrogen and oxygen atoms in total. The van der Waals surface area contributed by atoms with Crippen LogP contribution in [0.15, 0.2) is 35.9 Å². The number of aliphatic carboxylic acids is 1. The predicted octanol–water partition coefficient (Wildman–Crippen LogP) is 6.03. The number of allylic oxidation sites excluding steroid dienone is 5. The summed E-state index contributed by atoms with van der Waals surface area (Å²) in [5, 5.41) is 19.2. The molecule has 2 N–H and O–H groups in total. The van der Waals surface area contributed by atoms with E-state index in [1.54, 1.807) is 38.2 Å². The molecule has 2 aromatic rings. The Hall–Kier alpha value is -1.95. The summed E-state index contributed by atoms with van der Waals surface area (Å²) in [6, 6.07) is 2.06. The lowest BCUT2D eigenvalue weighted by Crippen LogP contribution is -2.10. The Morgan fingerprint density at radius 1 is 1.32 bits per heavy atom. The molecule has 0 saturated heterocycles. The molecule has 0 unspecified atom stereocenters. The van der Waals surface area contributed by atoms with Crippen LogP contribution in [0.1, 0.15) is 49.4 Å². The molecule has 0 radical (unpaired) electrons. The van der Waals surface area contributed by atoms with Crippen molar-refractivity contribution in [2.75, 3.05) is 0 Å². The number of hydrogen-bond donors (Lipinski definition) is 2. The van der Waals surface area contributed by atoms with Gasteiger partial charge >= 0.3 is 5.97 Å². The molecule has 28 heavy (non-hydrogen) atoms. The van der Waals surface area contributed by atoms with Gasteiger partial charge in [-0.05, 0) is 70.4 Å². The highest BCUT2D eigenvalue weighted by molar-refractivity contribution is 7.18. The zero-order valence-corrected chi connectivity index (χ0v) is 18.8. The first-order chi connectivity index (χ1) is 12.8. The molecule has 0 aliphatic carbocycles. The third kappa shape index (κ3) is 7.58. The summed E-state index contributed by atoms with van der Waals surface area (Å²) in [5.41, 5.74) is 2.81. The van der Waals surface area contributed by atoms with Crippen molar-refractivity contribution < 1.29 is 15.0 Å². The minimum atomic E-state index is -0.872. The molecule has 0 atom stereocenters. The summed E-state index contributed by atoms with van der Waals surface area (Å²) in [6.45, 7) is 14.7. The Kier molecular flexibility index (Phi) is 8.61. The number of aliphatic hydroxyl groups is 1. The van der Waals surface area contributed by atoms with E-state index in [-0.39, 0.29) is 6.42 Å². The van der Waals surface area contributed by atoms with Crippen LogP contribution in [0.5, 0.6) is 0 Å². The maximum Gasteiger partial charge on any atom is 0.307 e. The van der Waals surface area contributed by atoms with E-state index in [9.17, 15) is 9.90 Å². The van der Waals surface area contributed by atoms with Crippen molar-refractivity contribution in [3.63, 3.8) is 0 Å². The van der Waals surface area contributed by atoms with Gasteiger partial charge in [0.15, 0.2) is 0 Å². The van der Waals surface area contributed by atoms with Gasteiger partial charge in [-0.25, -0.2) is 4.98 Å². The van der Waals surface area contributed by atoms with Gasteiger partial charge in [-0.2, -0.15) is 0 Å². The normalized spacial score (nSPS) is 12.2. The van der Waals surface area contributed by atoms with Gasteiger partial charge in [0.25, 0.3) is 0 Å². The molecule has 2 aromatic heterocycles. The molecule has 0 fully saturated rings. The van der Waals surface area contributed by atoms with Gasteiger partial charge in [0.1, 0.15) is 4.83 Å². The average molecular weight is 422 g/mol. The van der Waals surface area contributed by atoms with E-state index in [0.717, 1.165) is 37.5 Å². The van der Waals surface area contributed by atoms with Gasteiger partial charge in [-0.3, -0.25) is 4.79 Å². The summed E-state index contributed by atoms with van der Waals surface area (Å²) in [7, 11) is 0. The van der Waals surface area contributed by atoms with Gasteiger partial charge in [-0.15, -0.1) is 11.3 Å². The first kappa shape index (κ1) is 24.1. The third-order valence-electron chi connectivity index (χ3n) is 3.48. The standard InChI is InChI=1S/C18H18ClNO2S.C4H10O/c1-5-13(7-6-10(2)19)17-14(9-16(21)22)12(4)20-18-15(17)8-11(3)23-18;1-4(2,3)5/h5-8H,2,9H2,1,3-4H3,(H,21,22);5H,1-3H3/b7-6-,13-5-;. The summed E-state index contributed by atoms with van der Waals surface area (Å²) in [6.07, 6.45) is 5.46. The first-order valence-corrected chi connectivity index (χ1v) is 10.1. The Morgan fingerprint density at radius 2 is 1.89 bits per heavy atom. The first-order valence-electron chi connectivity index (χ1n) is 8.86. The van der Waals surface area contributed by atoms with E-state index in [1.165, 1.54) is 0 Å². The Bertz CT molecular complexity index is 927. The molecule has 0 aliphatic rings. The van der Waals surface area contributed by atoms with Gasteiger partial charge in [-0.1, -0.05) is 30.3 Å². The maximum absolute atomic E-state index is 11.3. The molecular weight excluding hydrogens is 394 g/mol. The van der Waals surface area contributed by atoms with E-state index in [2.05, 4.69) is 17.6 Å². The lowest BCUT2D eigenvalue weighted by atomic mass is 9.93. The topological polar surface area (TPSA) is 70.4 Å². The Balaban J connectivity index is 0.000000696. The van der Waals surface area contributed by atoms with E-state index >= 15 is 0 Å². The van der Waals surface area contributed by atoms with E-state index < -0.39 is 11.6 Å². The average Bonchev–Trinajstić information content (AvgIpc) is 2.87. The Morgan fingerprint density at radius 3 is 2.36 bits per heavy atom. The van der Waals surface area contributed by atoms with Crippen molar-refractivity contribution in [2.45, 2.75) is 53.6 Å². The van der Waals surface area contributed by atoms with Crippen LogP contribution in [0, 0.1) is 13.8 Å². The zero-order valence-electron chi connectivity index (χ0n) is 17.3. The number of carboxylic acid groups (broad SMARTS) is 1. The highest BCUT2D eigenvalue weighted by atomic mass is 35.5. The number of carboxylic acids is 1. The number of thiophene rings is 1. The van der Waals surface area contributed by atoms with Gasteiger partial charge < -0.3 is 10.2 Å². The van der Waals surface area contributed by atoms with Crippen molar-refractivity contribution in [1.29, 1.82) is 0 Å². The number of carbonyl (C=O) groups is 1. The number of nitrogens with zero attached hydrogens (tertiary/aromatic N) is 1. The highest BCUT2D eigenvalue weighted by Gasteiger charge is 2.18. The molecule has 0 bridgehead atoms. The second-order valence-electron chi connectivity index (χ2n) is 7.39. The summed E-state index contributed by atoms with van der Waals surface area (Å²) in [4.78, 5) is 17.9. The molecule has 152 valence electrons. The molecule has 0 aliphatic heterocycles. The number of halogens is 1. The zero-order chi connectivity index (χ0) is 21.6. The predicted molar refractivity (Wildman–Crippen MR) is 120 cm³/mol. The van der Waals surface area contributed by atoms with E-state index in [0.29, 0.717) is 5.03 Å². The molecule has 0 aromatic carbocycles. The number of aromatic nitrogens is 1. The monoisotopic (exact) mass is 421 g/mol. The van der Waals surface area contributed by atoms with Gasteiger partial charge in [0, 0.05) is 21.0 Å². The molecule has 0 saturated carbocycles. The highest BCUT2D eigenvalue weighted by Crippen LogP contribution is 2.35.